The van der Waals surface area contributed by atoms with Crippen LogP contribution in [0.15, 0.2) is 10.8 Å². The Bertz CT molecular complexity index is 537. The van der Waals surface area contributed by atoms with Crippen molar-refractivity contribution in [3.63, 3.8) is 0 Å². The van der Waals surface area contributed by atoms with Gasteiger partial charge >= 0.3 is 0 Å². The summed E-state index contributed by atoms with van der Waals surface area (Å²) < 4.78 is 0. The molecule has 3 nitrogen and oxygen atoms in total. The summed E-state index contributed by atoms with van der Waals surface area (Å²) in [7, 11) is 1.98. The zero-order valence-electron chi connectivity index (χ0n) is 12.1. The fourth-order valence-corrected chi connectivity index (χ4v) is 3.08. The highest BCUT2D eigenvalue weighted by molar-refractivity contribution is 7.08. The molecule has 19 heavy (non-hydrogen) atoms. The maximum Gasteiger partial charge on any atom is 0.160 e. The largest absolute Gasteiger partial charge is 0.320 e. The molecule has 0 aromatic carbocycles. The zero-order chi connectivity index (χ0) is 13.8. The Hall–Kier alpha value is -1.26. The Balaban J connectivity index is 2.29. The quantitative estimate of drug-likeness (QED) is 0.851. The van der Waals surface area contributed by atoms with Crippen LogP contribution in [-0.2, 0) is 6.42 Å². The smallest absolute Gasteiger partial charge is 0.160 e. The molecule has 0 aliphatic rings. The second-order valence-corrected chi connectivity index (χ2v) is 5.62. The fraction of sp³-hybridized carbons (Fsp3) is 0.467. The highest BCUT2D eigenvalue weighted by Crippen LogP contribution is 2.25. The number of aryl methyl sites for hydroxylation is 3. The summed E-state index contributed by atoms with van der Waals surface area (Å²) in [5.74, 6) is 0.867. The van der Waals surface area contributed by atoms with Crippen LogP contribution in [0.3, 0.4) is 0 Å². The molecule has 0 atom stereocenters. The highest BCUT2D eigenvalue weighted by atomic mass is 32.1. The van der Waals surface area contributed by atoms with E-state index in [0.717, 1.165) is 42.2 Å². The topological polar surface area (TPSA) is 37.8 Å². The molecular formula is C15H21N3S. The predicted octanol–water partition coefficient (Wildman–Crippen LogP) is 3.28. The molecular weight excluding hydrogens is 254 g/mol. The van der Waals surface area contributed by atoms with Gasteiger partial charge < -0.3 is 5.32 Å². The van der Waals surface area contributed by atoms with Crippen molar-refractivity contribution in [3.05, 3.63) is 33.3 Å². The van der Waals surface area contributed by atoms with E-state index in [-0.39, 0.29) is 0 Å². The molecule has 1 N–H and O–H groups in total. The molecule has 2 aromatic heterocycles. The van der Waals surface area contributed by atoms with Crippen LogP contribution in [0.25, 0.3) is 11.4 Å². The first kappa shape index (κ1) is 14.2. The number of aromatic nitrogens is 2. The Morgan fingerprint density at radius 1 is 1.11 bits per heavy atom. The van der Waals surface area contributed by atoms with Gasteiger partial charge in [0.1, 0.15) is 0 Å². The van der Waals surface area contributed by atoms with Gasteiger partial charge in [-0.15, -0.1) is 0 Å². The van der Waals surface area contributed by atoms with E-state index in [1.807, 2.05) is 7.05 Å². The third-order valence-electron chi connectivity index (χ3n) is 3.37. The lowest BCUT2D eigenvalue weighted by Crippen LogP contribution is -2.10. The second kappa shape index (κ2) is 6.26. The first-order chi connectivity index (χ1) is 9.13. The van der Waals surface area contributed by atoms with Gasteiger partial charge in [-0.1, -0.05) is 0 Å². The van der Waals surface area contributed by atoms with Gasteiger partial charge in [0, 0.05) is 22.3 Å². The minimum atomic E-state index is 0.867. The van der Waals surface area contributed by atoms with E-state index < -0.39 is 0 Å². The Morgan fingerprint density at radius 3 is 2.32 bits per heavy atom. The SMILES string of the molecule is CNCCCc1c(C)nc(-c2cscc2C)nc1C. The Morgan fingerprint density at radius 2 is 1.79 bits per heavy atom. The highest BCUT2D eigenvalue weighted by Gasteiger charge is 2.11. The zero-order valence-corrected chi connectivity index (χ0v) is 12.9. The van der Waals surface area contributed by atoms with Crippen LogP contribution in [0.5, 0.6) is 0 Å². The molecule has 2 rings (SSSR count). The van der Waals surface area contributed by atoms with Crippen molar-refractivity contribution < 1.29 is 0 Å². The monoisotopic (exact) mass is 275 g/mol. The van der Waals surface area contributed by atoms with E-state index in [9.17, 15) is 0 Å². The summed E-state index contributed by atoms with van der Waals surface area (Å²) in [6, 6.07) is 0. The molecule has 0 spiro atoms. The van der Waals surface area contributed by atoms with Crippen molar-refractivity contribution in [2.75, 3.05) is 13.6 Å². The van der Waals surface area contributed by atoms with Crippen LogP contribution < -0.4 is 5.32 Å². The molecule has 0 aliphatic carbocycles. The Kier molecular flexibility index (Phi) is 4.66. The summed E-state index contributed by atoms with van der Waals surface area (Å²) in [6.07, 6.45) is 2.17. The maximum absolute atomic E-state index is 4.69. The number of nitrogens with zero attached hydrogens (tertiary/aromatic N) is 2. The van der Waals surface area contributed by atoms with Gasteiger partial charge in [-0.3, -0.25) is 0 Å². The molecule has 2 heterocycles. The molecule has 0 fully saturated rings. The number of thiophene rings is 1. The van der Waals surface area contributed by atoms with E-state index in [0.29, 0.717) is 0 Å². The fourth-order valence-electron chi connectivity index (χ4n) is 2.25. The van der Waals surface area contributed by atoms with Crippen LogP contribution in [0.4, 0.5) is 0 Å². The number of rotatable bonds is 5. The van der Waals surface area contributed by atoms with Gasteiger partial charge in [0.15, 0.2) is 5.82 Å². The molecule has 0 saturated heterocycles. The molecule has 0 amide bonds. The van der Waals surface area contributed by atoms with Crippen molar-refractivity contribution in [1.29, 1.82) is 0 Å². The third kappa shape index (κ3) is 3.19. The molecule has 4 heteroatoms. The normalized spacial score (nSPS) is 10.9. The van der Waals surface area contributed by atoms with Crippen LogP contribution in [0.2, 0.25) is 0 Å². The van der Waals surface area contributed by atoms with Crippen molar-refractivity contribution in [2.45, 2.75) is 33.6 Å². The molecule has 0 saturated carbocycles. The van der Waals surface area contributed by atoms with E-state index in [1.165, 1.54) is 11.1 Å². The lowest BCUT2D eigenvalue weighted by molar-refractivity contribution is 0.715. The summed E-state index contributed by atoms with van der Waals surface area (Å²) >= 11 is 1.71. The first-order valence-electron chi connectivity index (χ1n) is 6.65. The first-order valence-corrected chi connectivity index (χ1v) is 7.59. The lowest BCUT2D eigenvalue weighted by atomic mass is 10.1. The van der Waals surface area contributed by atoms with Gasteiger partial charge in [0.25, 0.3) is 0 Å². The van der Waals surface area contributed by atoms with E-state index in [4.69, 9.17) is 9.97 Å². The van der Waals surface area contributed by atoms with Gasteiger partial charge in [-0.05, 0) is 63.7 Å². The summed E-state index contributed by atoms with van der Waals surface area (Å²) in [5, 5.41) is 7.45. The van der Waals surface area contributed by atoms with Gasteiger partial charge in [0.05, 0.1) is 0 Å². The van der Waals surface area contributed by atoms with Crippen molar-refractivity contribution in [2.24, 2.45) is 0 Å². The maximum atomic E-state index is 4.69. The van der Waals surface area contributed by atoms with Gasteiger partial charge in [0.2, 0.25) is 0 Å². The van der Waals surface area contributed by atoms with Gasteiger partial charge in [-0.25, -0.2) is 9.97 Å². The molecule has 0 radical (unpaired) electrons. The number of hydrogen-bond donors (Lipinski definition) is 1. The van der Waals surface area contributed by atoms with Gasteiger partial charge in [-0.2, -0.15) is 11.3 Å². The van der Waals surface area contributed by atoms with Crippen molar-refractivity contribution in [1.82, 2.24) is 15.3 Å². The average molecular weight is 275 g/mol. The minimum absolute atomic E-state index is 0.867. The number of hydrogen-bond acceptors (Lipinski definition) is 4. The molecule has 2 aromatic rings. The number of nitrogens with one attached hydrogen (secondary N) is 1. The van der Waals surface area contributed by atoms with E-state index in [1.54, 1.807) is 11.3 Å². The third-order valence-corrected chi connectivity index (χ3v) is 4.23. The van der Waals surface area contributed by atoms with Crippen molar-refractivity contribution >= 4 is 11.3 Å². The summed E-state index contributed by atoms with van der Waals surface area (Å²) in [5.41, 5.74) is 5.95. The summed E-state index contributed by atoms with van der Waals surface area (Å²) in [6.45, 7) is 7.33. The minimum Gasteiger partial charge on any atom is -0.320 e. The van der Waals surface area contributed by atoms with Crippen molar-refractivity contribution in [3.8, 4) is 11.4 Å². The van der Waals surface area contributed by atoms with E-state index >= 15 is 0 Å². The standard InChI is InChI=1S/C15H21N3S/c1-10-8-19-9-14(10)15-17-11(2)13(12(3)18-15)6-5-7-16-4/h8-9,16H,5-7H2,1-4H3. The predicted molar refractivity (Wildman–Crippen MR) is 81.8 cm³/mol. The average Bonchev–Trinajstić information content (AvgIpc) is 2.79. The molecule has 0 bridgehead atoms. The van der Waals surface area contributed by atoms with Crippen LogP contribution in [0, 0.1) is 20.8 Å². The van der Waals surface area contributed by atoms with Crippen LogP contribution in [0.1, 0.15) is 28.9 Å². The Labute approximate surface area is 119 Å². The lowest BCUT2D eigenvalue weighted by Gasteiger charge is -2.10. The summed E-state index contributed by atoms with van der Waals surface area (Å²) in [4.78, 5) is 9.38. The molecule has 0 aliphatic heterocycles. The van der Waals surface area contributed by atoms with E-state index in [2.05, 4.69) is 36.8 Å². The van der Waals surface area contributed by atoms with Crippen LogP contribution in [-0.4, -0.2) is 23.6 Å². The second-order valence-electron chi connectivity index (χ2n) is 4.87. The van der Waals surface area contributed by atoms with Crippen LogP contribution >= 0.6 is 11.3 Å². The molecule has 102 valence electrons. The molecule has 0 unspecified atom stereocenters.